The average molecular weight is 556 g/mol. The van der Waals surface area contributed by atoms with Gasteiger partial charge in [-0.1, -0.05) is 109 Å². The Kier molecular flexibility index (Phi) is 5.59. The van der Waals surface area contributed by atoms with Crippen LogP contribution in [0.15, 0.2) is 121 Å². The van der Waals surface area contributed by atoms with E-state index in [1.165, 1.54) is 61.2 Å². The lowest BCUT2D eigenvalue weighted by Gasteiger charge is -2.38. The highest BCUT2D eigenvalue weighted by molar-refractivity contribution is 6.06. The zero-order chi connectivity index (χ0) is 28.3. The van der Waals surface area contributed by atoms with E-state index >= 15 is 0 Å². The molecular formula is C40H33N3. The Balaban J connectivity index is 1.30. The summed E-state index contributed by atoms with van der Waals surface area (Å²) < 4.78 is 2.57. The SMILES string of the molecule is C1=Cc2c(ccc3c2c2c(n3-c3cccc4c3NC(c3ccccc3)C(c3ccccc3)N4)CCc3ccccc3-2)CC1. The van der Waals surface area contributed by atoms with Gasteiger partial charge in [0, 0.05) is 16.6 Å². The van der Waals surface area contributed by atoms with Gasteiger partial charge in [0.2, 0.25) is 0 Å². The zero-order valence-corrected chi connectivity index (χ0v) is 24.1. The molecule has 0 amide bonds. The number of nitrogens with one attached hydrogen (secondary N) is 2. The predicted octanol–water partition coefficient (Wildman–Crippen LogP) is 9.68. The van der Waals surface area contributed by atoms with E-state index in [1.807, 2.05) is 0 Å². The monoisotopic (exact) mass is 555 g/mol. The maximum atomic E-state index is 4.07. The molecule has 43 heavy (non-hydrogen) atoms. The quantitative estimate of drug-likeness (QED) is 0.228. The molecule has 5 aromatic carbocycles. The van der Waals surface area contributed by atoms with Gasteiger partial charge in [-0.3, -0.25) is 0 Å². The minimum atomic E-state index is 0.0753. The minimum absolute atomic E-state index is 0.0753. The molecule has 0 saturated carbocycles. The molecule has 1 aliphatic heterocycles. The highest BCUT2D eigenvalue weighted by Crippen LogP contribution is 2.49. The number of hydrogen-bond donors (Lipinski definition) is 2. The van der Waals surface area contributed by atoms with Gasteiger partial charge in [0.05, 0.1) is 34.7 Å². The third kappa shape index (κ3) is 3.81. The summed E-state index contributed by atoms with van der Waals surface area (Å²) in [6.07, 6.45) is 9.02. The normalized spacial score (nSPS) is 18.1. The van der Waals surface area contributed by atoms with Crippen molar-refractivity contribution in [3.8, 4) is 16.8 Å². The van der Waals surface area contributed by atoms with Crippen molar-refractivity contribution >= 4 is 28.4 Å². The third-order valence-corrected chi connectivity index (χ3v) is 9.69. The predicted molar refractivity (Wildman–Crippen MR) is 179 cm³/mol. The molecule has 0 fully saturated rings. The van der Waals surface area contributed by atoms with Crippen molar-refractivity contribution < 1.29 is 0 Å². The summed E-state index contributed by atoms with van der Waals surface area (Å²) in [6, 6.07) is 42.4. The molecule has 6 aromatic rings. The van der Waals surface area contributed by atoms with Crippen LogP contribution in [0.1, 0.15) is 52.0 Å². The van der Waals surface area contributed by atoms with Crippen molar-refractivity contribution in [1.29, 1.82) is 0 Å². The summed E-state index contributed by atoms with van der Waals surface area (Å²) in [7, 11) is 0. The molecule has 0 saturated heterocycles. The standard InChI is InChI=1S/C40H33N3/c1-3-14-28(15-4-1)38-39(29-16-5-2-6-17-29)42-40-32(41-38)20-11-21-35(40)43-33-24-22-26-12-7-9-18-30(26)36(33)37-31-19-10-8-13-27(31)23-25-34(37)43/h1-7,9-12,14-21,23,25,38-39,41-42H,8,13,22,24H2. The first-order valence-corrected chi connectivity index (χ1v) is 15.6. The molecule has 3 nitrogen and oxygen atoms in total. The lowest BCUT2D eigenvalue weighted by Crippen LogP contribution is -2.31. The maximum absolute atomic E-state index is 4.07. The Bertz CT molecular complexity index is 2030. The Morgan fingerprint density at radius 3 is 2.16 bits per heavy atom. The van der Waals surface area contributed by atoms with Crippen LogP contribution in [0.2, 0.25) is 0 Å². The van der Waals surface area contributed by atoms with Crippen molar-refractivity contribution in [1.82, 2.24) is 4.57 Å². The molecule has 0 bridgehead atoms. The number of allylic oxidation sites excluding steroid dienone is 1. The molecule has 2 heterocycles. The maximum Gasteiger partial charge on any atom is 0.0826 e. The zero-order valence-electron chi connectivity index (χ0n) is 24.1. The van der Waals surface area contributed by atoms with Crippen molar-refractivity contribution in [2.75, 3.05) is 10.6 Å². The van der Waals surface area contributed by atoms with E-state index in [1.54, 1.807) is 0 Å². The lowest BCUT2D eigenvalue weighted by atomic mass is 9.85. The van der Waals surface area contributed by atoms with E-state index in [2.05, 4.69) is 143 Å². The highest BCUT2D eigenvalue weighted by atomic mass is 15.1. The molecule has 2 N–H and O–H groups in total. The number of para-hydroxylation sites is 1. The van der Waals surface area contributed by atoms with Gasteiger partial charge in [0.15, 0.2) is 0 Å². The number of aromatic nitrogens is 1. The topological polar surface area (TPSA) is 29.0 Å². The fourth-order valence-electron chi connectivity index (χ4n) is 7.75. The van der Waals surface area contributed by atoms with E-state index in [9.17, 15) is 0 Å². The van der Waals surface area contributed by atoms with Gasteiger partial charge in [0.1, 0.15) is 0 Å². The number of fused-ring (bicyclic) bond motifs is 8. The molecule has 0 radical (unpaired) electrons. The van der Waals surface area contributed by atoms with Crippen LogP contribution >= 0.6 is 0 Å². The van der Waals surface area contributed by atoms with Gasteiger partial charge in [-0.05, 0) is 77.3 Å². The van der Waals surface area contributed by atoms with Crippen molar-refractivity contribution in [3.63, 3.8) is 0 Å². The van der Waals surface area contributed by atoms with Crippen molar-refractivity contribution in [2.24, 2.45) is 0 Å². The molecule has 3 heteroatoms. The van der Waals surface area contributed by atoms with Crippen LogP contribution in [0, 0.1) is 0 Å². The summed E-state index contributed by atoms with van der Waals surface area (Å²) in [5.74, 6) is 0. The minimum Gasteiger partial charge on any atom is -0.374 e. The van der Waals surface area contributed by atoms with E-state index in [0.717, 1.165) is 37.1 Å². The fraction of sp³-hybridized carbons (Fsp3) is 0.150. The molecule has 1 aromatic heterocycles. The second-order valence-corrected chi connectivity index (χ2v) is 12.1. The van der Waals surface area contributed by atoms with Crippen molar-refractivity contribution in [2.45, 2.75) is 37.8 Å². The summed E-state index contributed by atoms with van der Waals surface area (Å²) in [5.41, 5.74) is 15.9. The lowest BCUT2D eigenvalue weighted by molar-refractivity contribution is 0.635. The average Bonchev–Trinajstić information content (AvgIpc) is 3.43. The first-order valence-electron chi connectivity index (χ1n) is 15.6. The number of hydrogen-bond acceptors (Lipinski definition) is 2. The Hall–Kier alpha value is -5.02. The van der Waals surface area contributed by atoms with E-state index in [-0.39, 0.29) is 12.1 Å². The summed E-state index contributed by atoms with van der Waals surface area (Å²) >= 11 is 0. The van der Waals surface area contributed by atoms with Crippen LogP contribution in [-0.2, 0) is 19.3 Å². The molecule has 2 aliphatic carbocycles. The number of aryl methyl sites for hydroxylation is 2. The second kappa shape index (κ2) is 9.78. The fourth-order valence-corrected chi connectivity index (χ4v) is 7.75. The largest absolute Gasteiger partial charge is 0.374 e. The smallest absolute Gasteiger partial charge is 0.0826 e. The van der Waals surface area contributed by atoms with Gasteiger partial charge >= 0.3 is 0 Å². The number of nitrogens with zero attached hydrogens (tertiary/aromatic N) is 1. The Morgan fingerprint density at radius 1 is 0.605 bits per heavy atom. The highest BCUT2D eigenvalue weighted by Gasteiger charge is 2.33. The molecular weight excluding hydrogens is 522 g/mol. The number of benzene rings is 5. The van der Waals surface area contributed by atoms with Gasteiger partial charge < -0.3 is 15.2 Å². The van der Waals surface area contributed by atoms with Gasteiger partial charge in [-0.15, -0.1) is 0 Å². The van der Waals surface area contributed by atoms with Gasteiger partial charge in [-0.2, -0.15) is 0 Å². The van der Waals surface area contributed by atoms with E-state index in [0.29, 0.717) is 0 Å². The number of anilines is 2. The molecule has 2 atom stereocenters. The van der Waals surface area contributed by atoms with Crippen LogP contribution in [0.4, 0.5) is 11.4 Å². The molecule has 3 aliphatic rings. The van der Waals surface area contributed by atoms with Crippen LogP contribution in [-0.4, -0.2) is 4.57 Å². The molecule has 208 valence electrons. The van der Waals surface area contributed by atoms with Crippen molar-refractivity contribution in [3.05, 3.63) is 155 Å². The second-order valence-electron chi connectivity index (χ2n) is 12.1. The van der Waals surface area contributed by atoms with Crippen LogP contribution in [0.3, 0.4) is 0 Å². The van der Waals surface area contributed by atoms with Crippen LogP contribution in [0.25, 0.3) is 33.8 Å². The van der Waals surface area contributed by atoms with E-state index in [4.69, 9.17) is 0 Å². The summed E-state index contributed by atoms with van der Waals surface area (Å²) in [5, 5.41) is 9.45. The first kappa shape index (κ1) is 24.6. The summed E-state index contributed by atoms with van der Waals surface area (Å²) in [6.45, 7) is 0. The van der Waals surface area contributed by atoms with Crippen LogP contribution < -0.4 is 10.6 Å². The van der Waals surface area contributed by atoms with E-state index < -0.39 is 0 Å². The molecule has 9 rings (SSSR count). The summed E-state index contributed by atoms with van der Waals surface area (Å²) in [4.78, 5) is 0. The van der Waals surface area contributed by atoms with Gasteiger partial charge in [-0.25, -0.2) is 0 Å². The Labute approximate surface area is 252 Å². The first-order chi connectivity index (χ1) is 21.3. The third-order valence-electron chi connectivity index (χ3n) is 9.69. The van der Waals surface area contributed by atoms with Gasteiger partial charge in [0.25, 0.3) is 0 Å². The Morgan fingerprint density at radius 2 is 1.35 bits per heavy atom. The van der Waals surface area contributed by atoms with Crippen LogP contribution in [0.5, 0.6) is 0 Å². The molecule has 0 spiro atoms. The molecule has 2 unspecified atom stereocenters. The number of rotatable bonds is 3.